The highest BCUT2D eigenvalue weighted by molar-refractivity contribution is 5.76. The first-order valence-electron chi connectivity index (χ1n) is 8.88. The van der Waals surface area contributed by atoms with Crippen LogP contribution in [0.2, 0.25) is 0 Å². The highest BCUT2D eigenvalue weighted by Crippen LogP contribution is 2.23. The molecule has 0 radical (unpaired) electrons. The summed E-state index contributed by atoms with van der Waals surface area (Å²) in [5.74, 6) is 1.26. The molecule has 136 valence electrons. The number of amides is 1. The summed E-state index contributed by atoms with van der Waals surface area (Å²) >= 11 is 0. The Morgan fingerprint density at radius 3 is 2.75 bits per heavy atom. The summed E-state index contributed by atoms with van der Waals surface area (Å²) in [7, 11) is 1.99. The zero-order chi connectivity index (χ0) is 17.5. The molecule has 1 atom stereocenters. The van der Waals surface area contributed by atoms with Gasteiger partial charge in [-0.15, -0.1) is 0 Å². The zero-order valence-electron chi connectivity index (χ0n) is 15.4. The molecule has 1 aromatic rings. The van der Waals surface area contributed by atoms with Gasteiger partial charge in [0.25, 0.3) is 0 Å². The normalized spacial score (nSPS) is 16.2. The van der Waals surface area contributed by atoms with E-state index in [1.165, 1.54) is 5.56 Å². The van der Waals surface area contributed by atoms with Gasteiger partial charge in [-0.05, 0) is 20.3 Å². The lowest BCUT2D eigenvalue weighted by molar-refractivity contribution is -0.121. The maximum atomic E-state index is 11.8. The highest BCUT2D eigenvalue weighted by Gasteiger charge is 2.21. The van der Waals surface area contributed by atoms with Gasteiger partial charge in [0.05, 0.1) is 18.9 Å². The third kappa shape index (κ3) is 4.95. The van der Waals surface area contributed by atoms with Crippen molar-refractivity contribution < 1.29 is 9.53 Å². The van der Waals surface area contributed by atoms with Crippen molar-refractivity contribution in [2.45, 2.75) is 46.2 Å². The molecule has 2 N–H and O–H groups in total. The van der Waals surface area contributed by atoms with Crippen LogP contribution in [0.1, 0.15) is 37.9 Å². The molecule has 1 fully saturated rings. The van der Waals surface area contributed by atoms with Gasteiger partial charge in [-0.3, -0.25) is 9.48 Å². The molecule has 2 rings (SSSR count). The second-order valence-electron chi connectivity index (χ2n) is 6.41. The van der Waals surface area contributed by atoms with Crippen molar-refractivity contribution in [2.24, 2.45) is 7.05 Å². The van der Waals surface area contributed by atoms with Gasteiger partial charge in [0.1, 0.15) is 5.82 Å². The lowest BCUT2D eigenvalue weighted by Gasteiger charge is -2.29. The van der Waals surface area contributed by atoms with Crippen molar-refractivity contribution in [2.75, 3.05) is 37.7 Å². The van der Waals surface area contributed by atoms with Crippen LogP contribution in [0.25, 0.3) is 0 Å². The van der Waals surface area contributed by atoms with Crippen LogP contribution in [0.5, 0.6) is 0 Å². The van der Waals surface area contributed by atoms with E-state index >= 15 is 0 Å². The summed E-state index contributed by atoms with van der Waals surface area (Å²) in [6, 6.07) is 0.242. The average molecular weight is 337 g/mol. The van der Waals surface area contributed by atoms with Gasteiger partial charge >= 0.3 is 0 Å². The molecule has 1 aromatic heterocycles. The predicted molar refractivity (Wildman–Crippen MR) is 95.2 cm³/mol. The molecular weight excluding hydrogens is 306 g/mol. The minimum absolute atomic E-state index is 0.105. The Kier molecular flexibility index (Phi) is 7.05. The molecule has 7 heteroatoms. The van der Waals surface area contributed by atoms with E-state index < -0.39 is 0 Å². The van der Waals surface area contributed by atoms with Crippen molar-refractivity contribution in [1.82, 2.24) is 20.4 Å². The number of hydrogen-bond donors (Lipinski definition) is 2. The van der Waals surface area contributed by atoms with Crippen LogP contribution >= 0.6 is 0 Å². The number of hydrogen-bond acceptors (Lipinski definition) is 5. The predicted octanol–water partition coefficient (Wildman–Crippen LogP) is 0.960. The molecule has 0 spiro atoms. The fourth-order valence-electron chi connectivity index (χ4n) is 2.93. The van der Waals surface area contributed by atoms with Crippen LogP contribution in [-0.2, 0) is 23.1 Å². The molecule has 1 amide bonds. The van der Waals surface area contributed by atoms with Crippen LogP contribution in [0.3, 0.4) is 0 Å². The third-order valence-corrected chi connectivity index (χ3v) is 4.47. The van der Waals surface area contributed by atoms with E-state index in [1.807, 2.05) is 25.6 Å². The Morgan fingerprint density at radius 1 is 1.38 bits per heavy atom. The average Bonchev–Trinajstić information content (AvgIpc) is 2.85. The lowest BCUT2D eigenvalue weighted by atomic mass is 10.2. The number of aromatic nitrogens is 2. The van der Waals surface area contributed by atoms with Gasteiger partial charge in [-0.25, -0.2) is 0 Å². The molecular formula is C17H31N5O2. The summed E-state index contributed by atoms with van der Waals surface area (Å²) in [6.45, 7) is 10.8. The first-order chi connectivity index (χ1) is 11.5. The maximum absolute atomic E-state index is 11.8. The van der Waals surface area contributed by atoms with Crippen molar-refractivity contribution in [1.29, 1.82) is 0 Å². The van der Waals surface area contributed by atoms with Crippen LogP contribution in [0.15, 0.2) is 0 Å². The highest BCUT2D eigenvalue weighted by atomic mass is 16.5. The van der Waals surface area contributed by atoms with Crippen molar-refractivity contribution in [3.8, 4) is 0 Å². The zero-order valence-corrected chi connectivity index (χ0v) is 15.4. The smallest absolute Gasteiger partial charge is 0.221 e. The molecule has 24 heavy (non-hydrogen) atoms. The summed E-state index contributed by atoms with van der Waals surface area (Å²) in [5, 5.41) is 10.9. The standard InChI is InChI=1S/C17H31N5O2/c1-5-13(2)19-16(23)6-7-18-12-15-14(3)20-21(4)17(15)22-8-10-24-11-9-22/h13,18H,5-12H2,1-4H3,(H,19,23). The third-order valence-electron chi connectivity index (χ3n) is 4.47. The number of carbonyl (C=O) groups excluding carboxylic acids is 1. The number of nitrogens with one attached hydrogen (secondary N) is 2. The number of morpholine rings is 1. The summed E-state index contributed by atoms with van der Waals surface area (Å²) < 4.78 is 7.39. The Bertz CT molecular complexity index is 537. The summed E-state index contributed by atoms with van der Waals surface area (Å²) in [6.07, 6.45) is 1.45. The van der Waals surface area contributed by atoms with Gasteiger partial charge in [0.2, 0.25) is 5.91 Å². The SMILES string of the molecule is CCC(C)NC(=O)CCNCc1c(C)nn(C)c1N1CCOCC1. The number of anilines is 1. The monoisotopic (exact) mass is 337 g/mol. The number of ether oxygens (including phenoxy) is 1. The maximum Gasteiger partial charge on any atom is 0.221 e. The number of rotatable bonds is 8. The molecule has 0 aromatic carbocycles. The Hall–Kier alpha value is -1.60. The molecule has 1 saturated heterocycles. The summed E-state index contributed by atoms with van der Waals surface area (Å²) in [5.41, 5.74) is 2.25. The molecule has 1 unspecified atom stereocenters. The molecule has 1 aliphatic rings. The van der Waals surface area contributed by atoms with Gasteiger partial charge in [-0.1, -0.05) is 6.92 Å². The van der Waals surface area contributed by atoms with E-state index in [2.05, 4.69) is 27.6 Å². The van der Waals surface area contributed by atoms with E-state index in [0.717, 1.165) is 50.8 Å². The van der Waals surface area contributed by atoms with E-state index in [4.69, 9.17) is 4.74 Å². The molecule has 0 saturated carbocycles. The van der Waals surface area contributed by atoms with Gasteiger partial charge < -0.3 is 20.3 Å². The first kappa shape index (κ1) is 18.7. The van der Waals surface area contributed by atoms with E-state index in [1.54, 1.807) is 0 Å². The van der Waals surface area contributed by atoms with Gasteiger partial charge in [0.15, 0.2) is 0 Å². The van der Waals surface area contributed by atoms with E-state index in [9.17, 15) is 4.79 Å². The number of carbonyl (C=O) groups is 1. The van der Waals surface area contributed by atoms with E-state index in [-0.39, 0.29) is 11.9 Å². The summed E-state index contributed by atoms with van der Waals surface area (Å²) in [4.78, 5) is 14.1. The van der Waals surface area contributed by atoms with Crippen LogP contribution in [0.4, 0.5) is 5.82 Å². The van der Waals surface area contributed by atoms with Crippen molar-refractivity contribution in [3.05, 3.63) is 11.3 Å². The van der Waals surface area contributed by atoms with Crippen molar-refractivity contribution in [3.63, 3.8) is 0 Å². The second-order valence-corrected chi connectivity index (χ2v) is 6.41. The number of aryl methyl sites for hydroxylation is 2. The molecule has 1 aliphatic heterocycles. The Morgan fingerprint density at radius 2 is 2.08 bits per heavy atom. The Labute approximate surface area is 144 Å². The lowest BCUT2D eigenvalue weighted by Crippen LogP contribution is -2.38. The van der Waals surface area contributed by atoms with Crippen LogP contribution in [-0.4, -0.2) is 54.6 Å². The fourth-order valence-corrected chi connectivity index (χ4v) is 2.93. The largest absolute Gasteiger partial charge is 0.378 e. The quantitative estimate of drug-likeness (QED) is 0.692. The molecule has 0 bridgehead atoms. The second kappa shape index (κ2) is 9.03. The first-order valence-corrected chi connectivity index (χ1v) is 8.88. The molecule has 7 nitrogen and oxygen atoms in total. The van der Waals surface area contributed by atoms with E-state index in [0.29, 0.717) is 13.0 Å². The Balaban J connectivity index is 1.87. The van der Waals surface area contributed by atoms with Gasteiger partial charge in [0, 0.05) is 51.3 Å². The topological polar surface area (TPSA) is 71.4 Å². The van der Waals surface area contributed by atoms with Crippen LogP contribution < -0.4 is 15.5 Å². The van der Waals surface area contributed by atoms with Crippen molar-refractivity contribution >= 4 is 11.7 Å². The fraction of sp³-hybridized carbons (Fsp3) is 0.765. The molecule has 0 aliphatic carbocycles. The molecule has 2 heterocycles. The van der Waals surface area contributed by atoms with Crippen LogP contribution in [0, 0.1) is 6.92 Å². The number of nitrogens with zero attached hydrogens (tertiary/aromatic N) is 3. The van der Waals surface area contributed by atoms with Gasteiger partial charge in [-0.2, -0.15) is 5.10 Å². The minimum atomic E-state index is 0.105. The minimum Gasteiger partial charge on any atom is -0.378 e.